The van der Waals surface area contributed by atoms with Gasteiger partial charge in [0.25, 0.3) is 5.91 Å². The van der Waals surface area contributed by atoms with Crippen molar-refractivity contribution in [2.45, 2.75) is 26.3 Å². The molecule has 2 rings (SSSR count). The summed E-state index contributed by atoms with van der Waals surface area (Å²) in [5, 5.41) is 6.36. The van der Waals surface area contributed by atoms with E-state index in [1.54, 1.807) is 0 Å². The monoisotopic (exact) mass is 280 g/mol. The van der Waals surface area contributed by atoms with E-state index in [0.29, 0.717) is 5.56 Å². The van der Waals surface area contributed by atoms with E-state index in [1.807, 2.05) is 0 Å². The Kier molecular flexibility index (Phi) is 4.28. The zero-order chi connectivity index (χ0) is 14.8. The molecule has 0 bridgehead atoms. The van der Waals surface area contributed by atoms with E-state index in [-0.39, 0.29) is 23.1 Å². The summed E-state index contributed by atoms with van der Waals surface area (Å²) in [5.41, 5.74) is 0.412. The maximum absolute atomic E-state index is 13.4. The number of benzene rings is 1. The Hall–Kier alpha value is -1.62. The van der Waals surface area contributed by atoms with Crippen molar-refractivity contribution >= 4 is 5.91 Å². The van der Waals surface area contributed by atoms with Crippen molar-refractivity contribution in [3.8, 4) is 5.75 Å². The topological polar surface area (TPSA) is 50.4 Å². The van der Waals surface area contributed by atoms with E-state index >= 15 is 0 Å². The predicted molar refractivity (Wildman–Crippen MR) is 75.5 cm³/mol. The summed E-state index contributed by atoms with van der Waals surface area (Å²) in [6.07, 6.45) is 0.886. The maximum atomic E-state index is 13.4. The van der Waals surface area contributed by atoms with Gasteiger partial charge in [0.05, 0.1) is 7.11 Å². The highest BCUT2D eigenvalue weighted by Gasteiger charge is 2.33. The van der Waals surface area contributed by atoms with Crippen molar-refractivity contribution < 1.29 is 13.9 Å². The lowest BCUT2D eigenvalue weighted by Gasteiger charge is -2.39. The molecule has 5 heteroatoms. The molecule has 1 fully saturated rings. The van der Waals surface area contributed by atoms with Crippen LogP contribution in [0.5, 0.6) is 5.75 Å². The summed E-state index contributed by atoms with van der Waals surface area (Å²) in [7, 11) is 1.38. The third-order valence-electron chi connectivity index (χ3n) is 3.85. The summed E-state index contributed by atoms with van der Waals surface area (Å²) in [4.78, 5) is 12.3. The quantitative estimate of drug-likeness (QED) is 0.890. The van der Waals surface area contributed by atoms with E-state index in [4.69, 9.17) is 4.74 Å². The molecule has 1 saturated heterocycles. The van der Waals surface area contributed by atoms with Gasteiger partial charge in [-0.25, -0.2) is 4.39 Å². The van der Waals surface area contributed by atoms with Crippen LogP contribution >= 0.6 is 0 Å². The smallest absolute Gasteiger partial charge is 0.251 e. The van der Waals surface area contributed by atoms with Gasteiger partial charge in [-0.2, -0.15) is 0 Å². The largest absolute Gasteiger partial charge is 0.494 e. The van der Waals surface area contributed by atoms with Crippen molar-refractivity contribution in [2.75, 3.05) is 20.2 Å². The van der Waals surface area contributed by atoms with Crippen molar-refractivity contribution in [3.05, 3.63) is 29.6 Å². The van der Waals surface area contributed by atoms with Gasteiger partial charge in [-0.05, 0) is 36.6 Å². The number of hydrogen-bond acceptors (Lipinski definition) is 3. The first-order valence-corrected chi connectivity index (χ1v) is 6.79. The Labute approximate surface area is 118 Å². The van der Waals surface area contributed by atoms with Crippen LogP contribution in [0.4, 0.5) is 4.39 Å². The van der Waals surface area contributed by atoms with E-state index in [2.05, 4.69) is 24.5 Å². The molecular formula is C15H21FN2O2. The molecule has 1 unspecified atom stereocenters. The molecule has 20 heavy (non-hydrogen) atoms. The molecule has 1 aromatic carbocycles. The van der Waals surface area contributed by atoms with Gasteiger partial charge in [-0.3, -0.25) is 4.79 Å². The van der Waals surface area contributed by atoms with Gasteiger partial charge in [0.2, 0.25) is 0 Å². The van der Waals surface area contributed by atoms with Gasteiger partial charge >= 0.3 is 0 Å². The van der Waals surface area contributed by atoms with Crippen LogP contribution in [0, 0.1) is 11.2 Å². The minimum absolute atomic E-state index is 0.00196. The van der Waals surface area contributed by atoms with Crippen molar-refractivity contribution in [2.24, 2.45) is 5.41 Å². The van der Waals surface area contributed by atoms with Gasteiger partial charge in [-0.1, -0.05) is 13.8 Å². The second-order valence-corrected chi connectivity index (χ2v) is 5.83. The average molecular weight is 280 g/mol. The molecule has 110 valence electrons. The summed E-state index contributed by atoms with van der Waals surface area (Å²) in [6.45, 7) is 6.00. The molecule has 0 spiro atoms. The molecule has 0 radical (unpaired) electrons. The SMILES string of the molecule is COc1cc(C(=O)NC2CCNCC2(C)C)ccc1F. The first kappa shape index (κ1) is 14.8. The number of nitrogens with one attached hydrogen (secondary N) is 2. The number of piperidine rings is 1. The minimum atomic E-state index is -0.466. The Bertz CT molecular complexity index is 503. The number of methoxy groups -OCH3 is 1. The van der Waals surface area contributed by atoms with Crippen LogP contribution < -0.4 is 15.4 Å². The zero-order valence-corrected chi connectivity index (χ0v) is 12.1. The van der Waals surface area contributed by atoms with Crippen LogP contribution in [0.25, 0.3) is 0 Å². The first-order valence-electron chi connectivity index (χ1n) is 6.79. The number of halogens is 1. The predicted octanol–water partition coefficient (Wildman–Crippen LogP) is 1.95. The highest BCUT2D eigenvalue weighted by Crippen LogP contribution is 2.25. The molecule has 0 aliphatic carbocycles. The highest BCUT2D eigenvalue weighted by molar-refractivity contribution is 5.94. The van der Waals surface area contributed by atoms with Crippen LogP contribution in [0.2, 0.25) is 0 Å². The molecule has 4 nitrogen and oxygen atoms in total. The van der Waals surface area contributed by atoms with Crippen LogP contribution in [0.15, 0.2) is 18.2 Å². The average Bonchev–Trinajstić information content (AvgIpc) is 2.41. The molecule has 1 amide bonds. The van der Waals surface area contributed by atoms with Crippen LogP contribution in [0.3, 0.4) is 0 Å². The van der Waals surface area contributed by atoms with E-state index < -0.39 is 5.82 Å². The van der Waals surface area contributed by atoms with E-state index in [0.717, 1.165) is 19.5 Å². The van der Waals surface area contributed by atoms with Gasteiger partial charge < -0.3 is 15.4 Å². The molecular weight excluding hydrogens is 259 g/mol. The Morgan fingerprint density at radius 1 is 1.50 bits per heavy atom. The fourth-order valence-corrected chi connectivity index (χ4v) is 2.48. The number of hydrogen-bond donors (Lipinski definition) is 2. The standard InChI is InChI=1S/C15H21FN2O2/c1-15(2)9-17-7-6-13(15)18-14(19)10-4-5-11(16)12(8-10)20-3/h4-5,8,13,17H,6-7,9H2,1-3H3,(H,18,19). The lowest BCUT2D eigenvalue weighted by Crippen LogP contribution is -2.54. The third-order valence-corrected chi connectivity index (χ3v) is 3.85. The highest BCUT2D eigenvalue weighted by atomic mass is 19.1. The summed E-state index contributed by atoms with van der Waals surface area (Å²) in [6, 6.07) is 4.26. The molecule has 1 aliphatic heterocycles. The fraction of sp³-hybridized carbons (Fsp3) is 0.533. The van der Waals surface area contributed by atoms with Crippen LogP contribution in [-0.4, -0.2) is 32.1 Å². The third kappa shape index (κ3) is 3.10. The van der Waals surface area contributed by atoms with Crippen LogP contribution in [-0.2, 0) is 0 Å². The Morgan fingerprint density at radius 3 is 2.90 bits per heavy atom. The lowest BCUT2D eigenvalue weighted by molar-refractivity contribution is 0.0868. The zero-order valence-electron chi connectivity index (χ0n) is 12.1. The molecule has 1 atom stereocenters. The normalized spacial score (nSPS) is 21.3. The van der Waals surface area contributed by atoms with Crippen LogP contribution in [0.1, 0.15) is 30.6 Å². The van der Waals surface area contributed by atoms with E-state index in [1.165, 1.54) is 25.3 Å². The number of carbonyl (C=O) groups is 1. The van der Waals surface area contributed by atoms with Gasteiger partial charge in [0.15, 0.2) is 11.6 Å². The molecule has 1 aliphatic rings. The summed E-state index contributed by atoms with van der Waals surface area (Å²) < 4.78 is 18.3. The van der Waals surface area contributed by atoms with E-state index in [9.17, 15) is 9.18 Å². The first-order chi connectivity index (χ1) is 9.44. The second kappa shape index (κ2) is 5.79. The molecule has 1 aromatic rings. The lowest BCUT2D eigenvalue weighted by atomic mass is 9.80. The van der Waals surface area contributed by atoms with Crippen molar-refractivity contribution in [3.63, 3.8) is 0 Å². The number of carbonyl (C=O) groups excluding carboxylic acids is 1. The number of ether oxygens (including phenoxy) is 1. The van der Waals surface area contributed by atoms with Gasteiger partial charge in [0, 0.05) is 18.2 Å². The number of amides is 1. The summed E-state index contributed by atoms with van der Waals surface area (Å²) in [5.74, 6) is -0.572. The van der Waals surface area contributed by atoms with Gasteiger partial charge in [0.1, 0.15) is 0 Å². The van der Waals surface area contributed by atoms with Gasteiger partial charge in [-0.15, -0.1) is 0 Å². The van der Waals surface area contributed by atoms with Crippen molar-refractivity contribution in [1.82, 2.24) is 10.6 Å². The Balaban J connectivity index is 2.11. The second-order valence-electron chi connectivity index (χ2n) is 5.83. The minimum Gasteiger partial charge on any atom is -0.494 e. The Morgan fingerprint density at radius 2 is 2.25 bits per heavy atom. The summed E-state index contributed by atoms with van der Waals surface area (Å²) >= 11 is 0. The maximum Gasteiger partial charge on any atom is 0.251 e. The number of rotatable bonds is 3. The molecule has 2 N–H and O–H groups in total. The molecule has 0 aromatic heterocycles. The molecule has 1 heterocycles. The fourth-order valence-electron chi connectivity index (χ4n) is 2.48. The molecule has 0 saturated carbocycles. The van der Waals surface area contributed by atoms with Crippen molar-refractivity contribution in [1.29, 1.82) is 0 Å².